The minimum Gasteiger partial charge on any atom is -0.158 e. The van der Waals surface area contributed by atoms with Crippen LogP contribution in [0.3, 0.4) is 0 Å². The van der Waals surface area contributed by atoms with E-state index < -0.39 is 0 Å². The van der Waals surface area contributed by atoms with Crippen molar-refractivity contribution in [2.24, 2.45) is 0 Å². The number of thioether (sulfide) groups is 2. The smallest absolute Gasteiger partial charge is 0.0135 e. The average Bonchev–Trinajstić information content (AvgIpc) is 2.75. The number of rotatable bonds is 25. The Hall–Kier alpha value is 0.700. The Morgan fingerprint density at radius 1 is 0.367 bits per heavy atom. The zero-order chi connectivity index (χ0) is 22.1. The van der Waals surface area contributed by atoms with Gasteiger partial charge in [0.05, 0.1) is 0 Å². The summed E-state index contributed by atoms with van der Waals surface area (Å²) in [6.07, 6.45) is 29.0. The third kappa shape index (κ3) is 23.4. The predicted molar refractivity (Wildman–Crippen MR) is 148 cm³/mol. The fourth-order valence-electron chi connectivity index (χ4n) is 3.99. The van der Waals surface area contributed by atoms with Crippen LogP contribution in [0.5, 0.6) is 0 Å². The second kappa shape index (κ2) is 26.0. The summed E-state index contributed by atoms with van der Waals surface area (Å²) in [5, 5.41) is 1.63. The Morgan fingerprint density at radius 3 is 0.867 bits per heavy atom. The number of hydrogen-bond donors (Lipinski definition) is 0. The van der Waals surface area contributed by atoms with Crippen LogP contribution in [0.25, 0.3) is 0 Å². The van der Waals surface area contributed by atoms with E-state index in [4.69, 9.17) is 0 Å². The monoisotopic (exact) mass is 458 g/mol. The van der Waals surface area contributed by atoms with Gasteiger partial charge in [-0.05, 0) is 24.3 Å². The second-order valence-corrected chi connectivity index (χ2v) is 12.5. The second-order valence-electron chi connectivity index (χ2n) is 9.52. The standard InChI is InChI=1S/C28H58S2/c1-5-7-9-11-13-15-17-19-21-23-25-29-27(3)28(4)30-26-24-22-20-18-16-14-12-10-8-6-2/h27-28H,5-26H2,1-4H3. The molecule has 0 aromatic carbocycles. The van der Waals surface area contributed by atoms with Gasteiger partial charge in [0, 0.05) is 10.5 Å². The lowest BCUT2D eigenvalue weighted by Crippen LogP contribution is -2.13. The fraction of sp³-hybridized carbons (Fsp3) is 1.00. The third-order valence-electron chi connectivity index (χ3n) is 6.42. The normalized spacial score (nSPS) is 13.6. The van der Waals surface area contributed by atoms with Crippen LogP contribution >= 0.6 is 23.5 Å². The molecule has 0 spiro atoms. The maximum absolute atomic E-state index is 2.46. The number of unbranched alkanes of at least 4 members (excludes halogenated alkanes) is 18. The SMILES string of the molecule is CCCCCCCCCCCCSC(C)C(C)SCCCCCCCCCCCC. The maximum atomic E-state index is 2.46. The van der Waals surface area contributed by atoms with Crippen LogP contribution in [0.1, 0.15) is 156 Å². The molecule has 0 rings (SSSR count). The van der Waals surface area contributed by atoms with Gasteiger partial charge in [0.2, 0.25) is 0 Å². The van der Waals surface area contributed by atoms with Crippen molar-refractivity contribution in [1.82, 2.24) is 0 Å². The van der Waals surface area contributed by atoms with E-state index in [1.54, 1.807) is 0 Å². The lowest BCUT2D eigenvalue weighted by Gasteiger charge is -2.19. The molecule has 0 aliphatic rings. The largest absolute Gasteiger partial charge is 0.158 e. The first-order valence-corrected chi connectivity index (χ1v) is 16.0. The van der Waals surface area contributed by atoms with Crippen LogP contribution in [-0.4, -0.2) is 22.0 Å². The molecule has 0 heterocycles. The minimum absolute atomic E-state index is 0.816. The zero-order valence-electron chi connectivity index (χ0n) is 21.5. The van der Waals surface area contributed by atoms with Crippen molar-refractivity contribution in [3.8, 4) is 0 Å². The molecule has 182 valence electrons. The molecule has 0 aromatic rings. The number of hydrogen-bond acceptors (Lipinski definition) is 2. The summed E-state index contributed by atoms with van der Waals surface area (Å²) in [7, 11) is 0. The zero-order valence-corrected chi connectivity index (χ0v) is 23.2. The summed E-state index contributed by atoms with van der Waals surface area (Å²) in [5.41, 5.74) is 0. The summed E-state index contributed by atoms with van der Waals surface area (Å²) in [6, 6.07) is 0. The lowest BCUT2D eigenvalue weighted by atomic mass is 10.1. The van der Waals surface area contributed by atoms with Crippen molar-refractivity contribution in [1.29, 1.82) is 0 Å². The van der Waals surface area contributed by atoms with E-state index in [1.165, 1.54) is 140 Å². The molecule has 2 unspecified atom stereocenters. The van der Waals surface area contributed by atoms with E-state index in [9.17, 15) is 0 Å². The van der Waals surface area contributed by atoms with Crippen molar-refractivity contribution >= 4 is 23.5 Å². The Kier molecular flexibility index (Phi) is 26.6. The molecule has 0 nitrogen and oxygen atoms in total. The van der Waals surface area contributed by atoms with Gasteiger partial charge in [-0.15, -0.1) is 0 Å². The Morgan fingerprint density at radius 2 is 0.600 bits per heavy atom. The van der Waals surface area contributed by atoms with Gasteiger partial charge in [-0.2, -0.15) is 23.5 Å². The van der Waals surface area contributed by atoms with Gasteiger partial charge in [-0.25, -0.2) is 0 Å². The molecule has 0 saturated carbocycles. The van der Waals surface area contributed by atoms with Gasteiger partial charge in [0.1, 0.15) is 0 Å². The molecule has 0 fully saturated rings. The Bertz CT molecular complexity index is 275. The van der Waals surface area contributed by atoms with Gasteiger partial charge in [-0.3, -0.25) is 0 Å². The van der Waals surface area contributed by atoms with Crippen LogP contribution in [0.15, 0.2) is 0 Å². The highest BCUT2D eigenvalue weighted by Gasteiger charge is 2.12. The summed E-state index contributed by atoms with van der Waals surface area (Å²) in [4.78, 5) is 0. The summed E-state index contributed by atoms with van der Waals surface area (Å²) < 4.78 is 0. The Labute approximate surface area is 201 Å². The molecular weight excluding hydrogens is 400 g/mol. The molecule has 0 N–H and O–H groups in total. The summed E-state index contributed by atoms with van der Waals surface area (Å²) >= 11 is 4.45. The van der Waals surface area contributed by atoms with Crippen molar-refractivity contribution < 1.29 is 0 Å². The van der Waals surface area contributed by atoms with Gasteiger partial charge in [0.25, 0.3) is 0 Å². The van der Waals surface area contributed by atoms with Gasteiger partial charge >= 0.3 is 0 Å². The highest BCUT2D eigenvalue weighted by atomic mass is 32.2. The topological polar surface area (TPSA) is 0 Å². The molecule has 0 aromatic heterocycles. The summed E-state index contributed by atoms with van der Waals surface area (Å²) in [5.74, 6) is 2.75. The van der Waals surface area contributed by atoms with E-state index in [1.807, 2.05) is 0 Å². The molecule has 0 aliphatic heterocycles. The first-order valence-electron chi connectivity index (χ1n) is 14.0. The van der Waals surface area contributed by atoms with E-state index in [0.717, 1.165) is 10.5 Å². The van der Waals surface area contributed by atoms with E-state index in [0.29, 0.717) is 0 Å². The van der Waals surface area contributed by atoms with E-state index in [-0.39, 0.29) is 0 Å². The highest BCUT2D eigenvalue weighted by molar-refractivity contribution is 8.03. The van der Waals surface area contributed by atoms with E-state index in [2.05, 4.69) is 51.2 Å². The molecular formula is C28H58S2. The van der Waals surface area contributed by atoms with E-state index >= 15 is 0 Å². The average molecular weight is 459 g/mol. The third-order valence-corrected chi connectivity index (χ3v) is 9.51. The molecule has 0 saturated heterocycles. The molecule has 0 radical (unpaired) electrons. The summed E-state index contributed by atoms with van der Waals surface area (Å²) in [6.45, 7) is 9.52. The van der Waals surface area contributed by atoms with Crippen LogP contribution in [0.4, 0.5) is 0 Å². The van der Waals surface area contributed by atoms with Gasteiger partial charge < -0.3 is 0 Å². The molecule has 0 aliphatic carbocycles. The fourth-order valence-corrected chi connectivity index (χ4v) is 6.49. The lowest BCUT2D eigenvalue weighted by molar-refractivity contribution is 0.563. The maximum Gasteiger partial charge on any atom is 0.0135 e. The molecule has 0 bridgehead atoms. The van der Waals surface area contributed by atoms with Crippen molar-refractivity contribution in [3.05, 3.63) is 0 Å². The molecule has 2 atom stereocenters. The van der Waals surface area contributed by atoms with Crippen molar-refractivity contribution in [3.63, 3.8) is 0 Å². The quantitative estimate of drug-likeness (QED) is 0.125. The molecule has 0 amide bonds. The molecule has 2 heteroatoms. The Balaban J connectivity index is 3.29. The van der Waals surface area contributed by atoms with Gasteiger partial charge in [0.15, 0.2) is 0 Å². The first-order chi connectivity index (χ1) is 14.7. The van der Waals surface area contributed by atoms with Crippen molar-refractivity contribution in [2.45, 2.75) is 167 Å². The predicted octanol–water partition coefficient (Wildman–Crippen LogP) is 11.1. The van der Waals surface area contributed by atoms with Crippen molar-refractivity contribution in [2.75, 3.05) is 11.5 Å². The van der Waals surface area contributed by atoms with Crippen LogP contribution in [0, 0.1) is 0 Å². The van der Waals surface area contributed by atoms with Crippen LogP contribution < -0.4 is 0 Å². The van der Waals surface area contributed by atoms with Crippen LogP contribution in [0.2, 0.25) is 0 Å². The van der Waals surface area contributed by atoms with Gasteiger partial charge in [-0.1, -0.05) is 143 Å². The van der Waals surface area contributed by atoms with Crippen LogP contribution in [-0.2, 0) is 0 Å². The first kappa shape index (κ1) is 30.7. The minimum atomic E-state index is 0.816. The molecule has 30 heavy (non-hydrogen) atoms. The highest BCUT2D eigenvalue weighted by Crippen LogP contribution is 2.26.